The van der Waals surface area contributed by atoms with Gasteiger partial charge in [0.2, 0.25) is 0 Å². The van der Waals surface area contributed by atoms with Gasteiger partial charge in [-0.05, 0) is 55.7 Å². The highest BCUT2D eigenvalue weighted by Gasteiger charge is 2.23. The smallest absolute Gasteiger partial charge is 0.328 e. The van der Waals surface area contributed by atoms with E-state index in [2.05, 4.69) is 15.0 Å². The van der Waals surface area contributed by atoms with E-state index < -0.39 is 10.0 Å². The van der Waals surface area contributed by atoms with E-state index in [0.29, 0.717) is 29.3 Å². The number of hydrogen-bond donors (Lipinski definition) is 3. The third-order valence-corrected chi connectivity index (χ3v) is 5.88. The SMILES string of the molecule is COc1ccccc1C(=O)Nc1ccc(S(=O)(=O)NC2=[NH+]CCCCC2)cc1. The number of carbonyl (C=O) groups is 1. The van der Waals surface area contributed by atoms with Crippen LogP contribution in [0.25, 0.3) is 0 Å². The summed E-state index contributed by atoms with van der Waals surface area (Å²) in [5.74, 6) is 0.770. The minimum atomic E-state index is -3.67. The number of para-hydroxylation sites is 1. The molecule has 0 spiro atoms. The molecule has 0 bridgehead atoms. The Kier molecular flexibility index (Phi) is 6.30. The molecular formula is C20H24N3O4S+. The van der Waals surface area contributed by atoms with Gasteiger partial charge in [0, 0.05) is 12.1 Å². The molecule has 0 fully saturated rings. The molecule has 1 heterocycles. The van der Waals surface area contributed by atoms with Gasteiger partial charge in [-0.3, -0.25) is 9.79 Å². The van der Waals surface area contributed by atoms with Gasteiger partial charge in [-0.15, -0.1) is 0 Å². The summed E-state index contributed by atoms with van der Waals surface area (Å²) in [4.78, 5) is 15.7. The largest absolute Gasteiger partial charge is 0.496 e. The van der Waals surface area contributed by atoms with Crippen molar-refractivity contribution in [3.8, 4) is 5.75 Å². The van der Waals surface area contributed by atoms with E-state index in [9.17, 15) is 13.2 Å². The van der Waals surface area contributed by atoms with Crippen LogP contribution in [0.2, 0.25) is 0 Å². The number of hydrogen-bond acceptors (Lipinski definition) is 4. The number of benzene rings is 2. The standard InChI is InChI=1S/C20H23N3O4S/c1-27-18-8-5-4-7-17(18)20(24)22-15-10-12-16(13-11-15)28(25,26)23-19-9-3-2-6-14-21-19/h4-5,7-8,10-13H,2-3,6,9,14H2,1H3,(H,21,23)(H,22,24)/p+1. The second-order valence-electron chi connectivity index (χ2n) is 6.50. The molecule has 7 nitrogen and oxygen atoms in total. The summed E-state index contributed by atoms with van der Waals surface area (Å²) >= 11 is 0. The topological polar surface area (TPSA) is 98.5 Å². The van der Waals surface area contributed by atoms with Crippen molar-refractivity contribution in [1.29, 1.82) is 0 Å². The summed E-state index contributed by atoms with van der Waals surface area (Å²) in [6.45, 7) is 0.770. The van der Waals surface area contributed by atoms with Gasteiger partial charge in [-0.1, -0.05) is 12.1 Å². The van der Waals surface area contributed by atoms with Crippen LogP contribution in [-0.4, -0.2) is 33.8 Å². The zero-order valence-corrected chi connectivity index (χ0v) is 16.5. The fourth-order valence-electron chi connectivity index (χ4n) is 2.99. The fourth-order valence-corrected chi connectivity index (χ4v) is 4.10. The molecule has 0 radical (unpaired) electrons. The lowest BCUT2D eigenvalue weighted by molar-refractivity contribution is -0.459. The Morgan fingerprint density at radius 3 is 2.54 bits per heavy atom. The van der Waals surface area contributed by atoms with Crippen LogP contribution in [0.3, 0.4) is 0 Å². The van der Waals surface area contributed by atoms with Crippen molar-refractivity contribution in [2.75, 3.05) is 19.0 Å². The third kappa shape index (κ3) is 4.89. The summed E-state index contributed by atoms with van der Waals surface area (Å²) in [6.07, 6.45) is 3.76. The van der Waals surface area contributed by atoms with Crippen molar-refractivity contribution in [2.45, 2.75) is 30.6 Å². The first-order valence-corrected chi connectivity index (χ1v) is 10.6. The molecule has 0 aliphatic carbocycles. The molecule has 3 rings (SSSR count). The molecule has 8 heteroatoms. The molecule has 3 N–H and O–H groups in total. The van der Waals surface area contributed by atoms with Gasteiger partial charge in [0.25, 0.3) is 11.7 Å². The molecule has 148 valence electrons. The van der Waals surface area contributed by atoms with Crippen molar-refractivity contribution in [1.82, 2.24) is 4.72 Å². The highest BCUT2D eigenvalue weighted by atomic mass is 32.2. The van der Waals surface area contributed by atoms with Crippen LogP contribution in [0.5, 0.6) is 5.75 Å². The Labute approximate surface area is 164 Å². The highest BCUT2D eigenvalue weighted by Crippen LogP contribution is 2.20. The Balaban J connectivity index is 1.70. The predicted molar refractivity (Wildman–Crippen MR) is 107 cm³/mol. The first-order chi connectivity index (χ1) is 13.5. The predicted octanol–water partition coefficient (Wildman–Crippen LogP) is 1.28. The number of ether oxygens (including phenoxy) is 1. The normalized spacial score (nSPS) is 14.5. The summed E-state index contributed by atoms with van der Waals surface area (Å²) in [7, 11) is -2.17. The van der Waals surface area contributed by atoms with E-state index >= 15 is 0 Å². The molecule has 1 aliphatic rings. The maximum absolute atomic E-state index is 12.6. The van der Waals surface area contributed by atoms with Gasteiger partial charge in [0.1, 0.15) is 10.6 Å². The number of sulfonamides is 1. The molecule has 0 saturated carbocycles. The van der Waals surface area contributed by atoms with Crippen LogP contribution >= 0.6 is 0 Å². The molecule has 28 heavy (non-hydrogen) atoms. The second kappa shape index (κ2) is 8.88. The number of amides is 1. The monoisotopic (exact) mass is 402 g/mol. The fraction of sp³-hybridized carbons (Fsp3) is 0.300. The minimum absolute atomic E-state index is 0.140. The molecular weight excluding hydrogens is 378 g/mol. The summed E-state index contributed by atoms with van der Waals surface area (Å²) in [6, 6.07) is 13.0. The lowest BCUT2D eigenvalue weighted by Gasteiger charge is -2.09. The van der Waals surface area contributed by atoms with Crippen molar-refractivity contribution >= 4 is 27.5 Å². The van der Waals surface area contributed by atoms with Crippen LogP contribution < -0.4 is 19.8 Å². The Morgan fingerprint density at radius 2 is 1.79 bits per heavy atom. The molecule has 0 atom stereocenters. The maximum Gasteiger partial charge on any atom is 0.328 e. The Morgan fingerprint density at radius 1 is 1.04 bits per heavy atom. The van der Waals surface area contributed by atoms with Crippen LogP contribution in [0.4, 0.5) is 5.69 Å². The molecule has 0 aromatic heterocycles. The van der Waals surface area contributed by atoms with Gasteiger partial charge in [0.05, 0.1) is 19.2 Å². The summed E-state index contributed by atoms with van der Waals surface area (Å²) in [5, 5.41) is 2.75. The van der Waals surface area contributed by atoms with E-state index in [-0.39, 0.29) is 10.8 Å². The lowest BCUT2D eigenvalue weighted by Crippen LogP contribution is -2.76. The van der Waals surface area contributed by atoms with Crippen LogP contribution in [0.1, 0.15) is 36.0 Å². The molecule has 0 unspecified atom stereocenters. The van der Waals surface area contributed by atoms with Crippen molar-refractivity contribution in [3.05, 3.63) is 54.1 Å². The number of rotatable bonds is 5. The molecule has 2 aromatic carbocycles. The first-order valence-electron chi connectivity index (χ1n) is 9.16. The van der Waals surface area contributed by atoms with E-state index in [1.54, 1.807) is 36.4 Å². The van der Waals surface area contributed by atoms with E-state index in [1.165, 1.54) is 19.2 Å². The highest BCUT2D eigenvalue weighted by molar-refractivity contribution is 7.90. The van der Waals surface area contributed by atoms with Crippen molar-refractivity contribution < 1.29 is 22.9 Å². The van der Waals surface area contributed by atoms with Gasteiger partial charge in [-0.2, -0.15) is 13.1 Å². The number of amidine groups is 1. The molecule has 1 aliphatic heterocycles. The van der Waals surface area contributed by atoms with Gasteiger partial charge < -0.3 is 10.1 Å². The minimum Gasteiger partial charge on any atom is -0.496 e. The third-order valence-electron chi connectivity index (χ3n) is 4.47. The van der Waals surface area contributed by atoms with Crippen molar-refractivity contribution in [3.63, 3.8) is 0 Å². The van der Waals surface area contributed by atoms with E-state index in [1.807, 2.05) is 0 Å². The molecule has 2 aromatic rings. The van der Waals surface area contributed by atoms with Gasteiger partial charge >= 0.3 is 10.0 Å². The zero-order valence-electron chi connectivity index (χ0n) is 15.7. The van der Waals surface area contributed by atoms with Crippen molar-refractivity contribution in [2.24, 2.45) is 0 Å². The number of methoxy groups -OCH3 is 1. The average molecular weight is 402 g/mol. The quantitative estimate of drug-likeness (QED) is 0.702. The van der Waals surface area contributed by atoms with Gasteiger partial charge in [0.15, 0.2) is 0 Å². The lowest BCUT2D eigenvalue weighted by atomic mass is 10.2. The van der Waals surface area contributed by atoms with Crippen LogP contribution in [0.15, 0.2) is 53.4 Å². The first kappa shape index (κ1) is 19.9. The Hall–Kier alpha value is -2.87. The van der Waals surface area contributed by atoms with E-state index in [0.717, 1.165) is 25.8 Å². The van der Waals surface area contributed by atoms with Crippen LogP contribution in [-0.2, 0) is 10.0 Å². The molecule has 0 saturated heterocycles. The number of nitrogens with one attached hydrogen (secondary N) is 3. The number of carbonyl (C=O) groups excluding carboxylic acids is 1. The maximum atomic E-state index is 12.6. The average Bonchev–Trinajstić information content (AvgIpc) is 2.96. The summed E-state index contributed by atoms with van der Waals surface area (Å²) in [5.41, 5.74) is 0.898. The Bertz CT molecular complexity index is 969. The van der Waals surface area contributed by atoms with Crippen LogP contribution in [0, 0.1) is 0 Å². The molecule has 1 amide bonds. The van der Waals surface area contributed by atoms with Gasteiger partial charge in [-0.25, -0.2) is 0 Å². The number of anilines is 1. The summed E-state index contributed by atoms with van der Waals surface area (Å²) < 4.78 is 33.0. The zero-order chi connectivity index (χ0) is 20.0. The van der Waals surface area contributed by atoms with E-state index in [4.69, 9.17) is 4.74 Å². The second-order valence-corrected chi connectivity index (χ2v) is 8.18.